The Hall–Kier alpha value is -3.83. The number of anilines is 1. The predicted molar refractivity (Wildman–Crippen MR) is 193 cm³/mol. The Labute approximate surface area is 268 Å². The second kappa shape index (κ2) is 20.2. The van der Waals surface area contributed by atoms with Gasteiger partial charge >= 0.3 is 0 Å². The van der Waals surface area contributed by atoms with E-state index in [0.29, 0.717) is 18.7 Å². The van der Waals surface area contributed by atoms with Gasteiger partial charge in [-0.3, -0.25) is 4.79 Å². The number of carbonyl (C=O) groups excluding carboxylic acids is 1. The lowest BCUT2D eigenvalue weighted by atomic mass is 10.0. The Balaban J connectivity index is 0.000000692. The SMILES string of the molecule is C=C(/C(C)=C/c1ccccc1C)N1CCOc2cc(C(=O)N3CCCC(N)C3)cc(C)c21.C=C(C)CC.C=C/C=C\C.CC. The average Bonchev–Trinajstić information content (AvgIpc) is 3.03. The zero-order valence-electron chi connectivity index (χ0n) is 28.7. The first kappa shape index (κ1) is 38.2. The molecule has 2 N–H and O–H groups in total. The summed E-state index contributed by atoms with van der Waals surface area (Å²) in [4.78, 5) is 17.2. The van der Waals surface area contributed by atoms with E-state index in [1.165, 1.54) is 16.7 Å². The van der Waals surface area contributed by atoms with Crippen LogP contribution in [0.15, 0.2) is 91.2 Å². The summed E-state index contributed by atoms with van der Waals surface area (Å²) >= 11 is 0. The maximum Gasteiger partial charge on any atom is 0.254 e. The predicted octanol–water partition coefficient (Wildman–Crippen LogP) is 9.43. The molecule has 44 heavy (non-hydrogen) atoms. The molecule has 1 fully saturated rings. The summed E-state index contributed by atoms with van der Waals surface area (Å²) in [6.07, 6.45) is 10.8. The third kappa shape index (κ3) is 11.7. The number of rotatable bonds is 6. The number of hydrogen-bond donors (Lipinski definition) is 1. The van der Waals surface area contributed by atoms with Crippen molar-refractivity contribution in [1.82, 2.24) is 4.90 Å². The van der Waals surface area contributed by atoms with Crippen molar-refractivity contribution in [1.29, 1.82) is 0 Å². The number of benzene rings is 2. The minimum absolute atomic E-state index is 0.0289. The van der Waals surface area contributed by atoms with Crippen molar-refractivity contribution in [2.45, 2.75) is 80.7 Å². The highest BCUT2D eigenvalue weighted by Crippen LogP contribution is 2.39. The van der Waals surface area contributed by atoms with E-state index in [1.54, 1.807) is 6.08 Å². The number of allylic oxidation sites excluding steroid dienone is 5. The Kier molecular flexibility index (Phi) is 17.5. The van der Waals surface area contributed by atoms with E-state index in [1.807, 2.05) is 63.8 Å². The maximum absolute atomic E-state index is 13.1. The highest BCUT2D eigenvalue weighted by atomic mass is 16.5. The number of carbonyl (C=O) groups is 1. The monoisotopic (exact) mass is 599 g/mol. The van der Waals surface area contributed by atoms with Crippen LogP contribution in [0.5, 0.6) is 5.75 Å². The van der Waals surface area contributed by atoms with Crippen LogP contribution in [-0.4, -0.2) is 43.1 Å². The van der Waals surface area contributed by atoms with Gasteiger partial charge in [0, 0.05) is 30.4 Å². The van der Waals surface area contributed by atoms with E-state index in [2.05, 4.69) is 75.7 Å². The first-order valence-corrected chi connectivity index (χ1v) is 15.9. The molecule has 1 unspecified atom stereocenters. The summed E-state index contributed by atoms with van der Waals surface area (Å²) in [5.74, 6) is 0.770. The number of hydrogen-bond acceptors (Lipinski definition) is 4. The van der Waals surface area contributed by atoms with Crippen molar-refractivity contribution < 1.29 is 9.53 Å². The van der Waals surface area contributed by atoms with E-state index >= 15 is 0 Å². The molecule has 0 radical (unpaired) electrons. The van der Waals surface area contributed by atoms with Crippen LogP contribution in [0.1, 0.15) is 87.9 Å². The first-order chi connectivity index (χ1) is 21.0. The van der Waals surface area contributed by atoms with Crippen molar-refractivity contribution in [2.24, 2.45) is 5.73 Å². The molecular formula is C39H57N3O2. The van der Waals surface area contributed by atoms with Gasteiger partial charge in [0.2, 0.25) is 0 Å². The van der Waals surface area contributed by atoms with Crippen LogP contribution in [0.4, 0.5) is 5.69 Å². The zero-order valence-corrected chi connectivity index (χ0v) is 28.7. The summed E-state index contributed by atoms with van der Waals surface area (Å²) in [7, 11) is 0. The van der Waals surface area contributed by atoms with Gasteiger partial charge in [0.25, 0.3) is 5.91 Å². The van der Waals surface area contributed by atoms with Gasteiger partial charge in [-0.25, -0.2) is 0 Å². The fourth-order valence-electron chi connectivity index (χ4n) is 4.75. The Morgan fingerprint density at radius 2 is 1.75 bits per heavy atom. The van der Waals surface area contributed by atoms with Crippen LogP contribution in [0, 0.1) is 13.8 Å². The van der Waals surface area contributed by atoms with Crippen LogP contribution in [0.3, 0.4) is 0 Å². The number of ether oxygens (including phenoxy) is 1. The molecule has 2 aliphatic rings. The van der Waals surface area contributed by atoms with E-state index in [4.69, 9.17) is 10.5 Å². The van der Waals surface area contributed by atoms with Crippen molar-refractivity contribution in [3.05, 3.63) is 113 Å². The smallest absolute Gasteiger partial charge is 0.254 e. The highest BCUT2D eigenvalue weighted by molar-refractivity contribution is 5.96. The molecule has 2 aliphatic heterocycles. The third-order valence-electron chi connectivity index (χ3n) is 7.37. The fourth-order valence-corrected chi connectivity index (χ4v) is 4.75. The quantitative estimate of drug-likeness (QED) is 0.265. The molecule has 1 amide bonds. The summed E-state index contributed by atoms with van der Waals surface area (Å²) in [6.45, 7) is 30.5. The largest absolute Gasteiger partial charge is 0.490 e. The summed E-state index contributed by atoms with van der Waals surface area (Å²) in [6, 6.07) is 12.2. The molecule has 2 aromatic rings. The van der Waals surface area contributed by atoms with Gasteiger partial charge in [0.1, 0.15) is 12.4 Å². The molecule has 0 aliphatic carbocycles. The number of nitrogens with two attached hydrogens (primary N) is 1. The lowest BCUT2D eigenvalue weighted by Gasteiger charge is -2.35. The molecular weight excluding hydrogens is 542 g/mol. The maximum atomic E-state index is 13.1. The lowest BCUT2D eigenvalue weighted by Crippen LogP contribution is -2.45. The fraction of sp³-hybridized carbons (Fsp3) is 0.410. The van der Waals surface area contributed by atoms with Crippen LogP contribution >= 0.6 is 0 Å². The molecule has 1 atom stereocenters. The van der Waals surface area contributed by atoms with Gasteiger partial charge in [-0.15, -0.1) is 6.58 Å². The van der Waals surface area contributed by atoms with Crippen LogP contribution in [0.25, 0.3) is 6.08 Å². The first-order valence-electron chi connectivity index (χ1n) is 15.9. The molecule has 0 aromatic heterocycles. The Morgan fingerprint density at radius 3 is 2.30 bits per heavy atom. The Morgan fingerprint density at radius 1 is 1.09 bits per heavy atom. The second-order valence-electron chi connectivity index (χ2n) is 11.0. The molecule has 2 aromatic carbocycles. The molecule has 5 heteroatoms. The van der Waals surface area contributed by atoms with Gasteiger partial charge in [-0.05, 0) is 94.4 Å². The standard InChI is InChI=1S/C27H33N3O2.C5H10.C5H8.C2H6/c1-18-8-5-6-9-22(18)14-19(2)21(4)30-12-13-32-25-16-23(15-20(3)26(25)30)27(31)29-11-7-10-24(28)17-29;1-4-5(2)3;1-3-5-4-2;1-2/h5-6,8-9,14-16,24H,4,7,10-13,17,28H2,1-3H3;2,4H2,1,3H3;3-5H,1H2,2H3;1-2H3/b19-14+;;5-4-;. The number of piperidine rings is 1. The normalized spacial score (nSPS) is 15.7. The molecule has 1 saturated heterocycles. The van der Waals surface area contributed by atoms with Crippen molar-refractivity contribution in [3.8, 4) is 5.75 Å². The van der Waals surface area contributed by atoms with Crippen molar-refractivity contribution in [3.63, 3.8) is 0 Å². The number of nitrogens with zero attached hydrogens (tertiary/aromatic N) is 2. The number of aryl methyl sites for hydroxylation is 2. The number of fused-ring (bicyclic) bond motifs is 1. The molecule has 2 heterocycles. The molecule has 0 saturated carbocycles. The van der Waals surface area contributed by atoms with Gasteiger partial charge in [-0.2, -0.15) is 0 Å². The van der Waals surface area contributed by atoms with E-state index in [-0.39, 0.29) is 11.9 Å². The van der Waals surface area contributed by atoms with Crippen LogP contribution in [-0.2, 0) is 0 Å². The van der Waals surface area contributed by atoms with Gasteiger partial charge in [0.15, 0.2) is 0 Å². The summed E-state index contributed by atoms with van der Waals surface area (Å²) < 4.78 is 6.00. The topological polar surface area (TPSA) is 58.8 Å². The molecule has 240 valence electrons. The van der Waals surface area contributed by atoms with Crippen molar-refractivity contribution in [2.75, 3.05) is 31.1 Å². The Bertz CT molecular complexity index is 1300. The zero-order chi connectivity index (χ0) is 33.2. The van der Waals surface area contributed by atoms with Crippen molar-refractivity contribution >= 4 is 17.7 Å². The van der Waals surface area contributed by atoms with Crippen LogP contribution < -0.4 is 15.4 Å². The average molecular weight is 600 g/mol. The summed E-state index contributed by atoms with van der Waals surface area (Å²) in [5, 5.41) is 0. The lowest BCUT2D eigenvalue weighted by molar-refractivity contribution is 0.0708. The number of amides is 1. The molecule has 5 nitrogen and oxygen atoms in total. The van der Waals surface area contributed by atoms with Crippen LogP contribution in [0.2, 0.25) is 0 Å². The third-order valence-corrected chi connectivity index (χ3v) is 7.37. The minimum Gasteiger partial charge on any atom is -0.490 e. The number of likely N-dealkylation sites (tertiary alicyclic amines) is 1. The summed E-state index contributed by atoms with van der Waals surface area (Å²) in [5.41, 5.74) is 14.5. The van der Waals surface area contributed by atoms with Gasteiger partial charge in [-0.1, -0.05) is 82.0 Å². The highest BCUT2D eigenvalue weighted by Gasteiger charge is 2.27. The van der Waals surface area contributed by atoms with Gasteiger partial charge in [0.05, 0.1) is 12.2 Å². The van der Waals surface area contributed by atoms with E-state index in [9.17, 15) is 4.79 Å². The second-order valence-corrected chi connectivity index (χ2v) is 11.0. The molecule has 0 bridgehead atoms. The van der Waals surface area contributed by atoms with E-state index in [0.717, 1.165) is 60.6 Å². The minimum atomic E-state index is 0.0289. The van der Waals surface area contributed by atoms with E-state index < -0.39 is 0 Å². The van der Waals surface area contributed by atoms with Gasteiger partial charge < -0.3 is 20.3 Å². The molecule has 4 rings (SSSR count). The molecule has 0 spiro atoms.